The minimum atomic E-state index is -0.687. The molecule has 1 aromatic carbocycles. The van der Waals surface area contributed by atoms with Crippen molar-refractivity contribution in [3.63, 3.8) is 0 Å². The molecule has 150 valence electrons. The van der Waals surface area contributed by atoms with E-state index in [9.17, 15) is 19.2 Å². The number of anilines is 1. The van der Waals surface area contributed by atoms with Gasteiger partial charge in [0.15, 0.2) is 0 Å². The Balaban J connectivity index is 1.93. The van der Waals surface area contributed by atoms with E-state index in [-0.39, 0.29) is 17.2 Å². The third-order valence-electron chi connectivity index (χ3n) is 4.52. The molecule has 5 nitrogen and oxygen atoms in total. The number of benzene rings is 1. The van der Waals surface area contributed by atoms with Gasteiger partial charge in [-0.3, -0.25) is 4.79 Å². The molecule has 0 saturated carbocycles. The zero-order chi connectivity index (χ0) is 21.0. The molecule has 0 unspecified atom stereocenters. The zero-order valence-electron chi connectivity index (χ0n) is 16.3. The van der Waals surface area contributed by atoms with Gasteiger partial charge in [-0.05, 0) is 57.2 Å². The van der Waals surface area contributed by atoms with Crippen LogP contribution in [0, 0.1) is 17.1 Å². The second-order valence-electron chi connectivity index (χ2n) is 7.01. The van der Waals surface area contributed by atoms with Gasteiger partial charge in [-0.25, -0.2) is 9.18 Å². The number of rotatable bonds is 5. The summed E-state index contributed by atoms with van der Waals surface area (Å²) in [5.41, 5.74) is 1.18. The van der Waals surface area contributed by atoms with Crippen molar-refractivity contribution >= 4 is 34.3 Å². The van der Waals surface area contributed by atoms with Crippen molar-refractivity contribution in [3.8, 4) is 6.07 Å². The minimum Gasteiger partial charge on any atom is -0.459 e. The molecule has 0 aliphatic heterocycles. The highest BCUT2D eigenvalue weighted by Crippen LogP contribution is 2.39. The molecule has 0 saturated heterocycles. The number of carbonyl (C=O) groups is 2. The van der Waals surface area contributed by atoms with Crippen molar-refractivity contribution in [2.24, 2.45) is 0 Å². The van der Waals surface area contributed by atoms with Crippen LogP contribution in [-0.2, 0) is 22.4 Å². The highest BCUT2D eigenvalue weighted by atomic mass is 32.1. The number of carbonyl (C=O) groups excluding carboxylic acids is 2. The van der Waals surface area contributed by atoms with Gasteiger partial charge in [-0.1, -0.05) is 18.2 Å². The summed E-state index contributed by atoms with van der Waals surface area (Å²) >= 11 is 1.34. The summed E-state index contributed by atoms with van der Waals surface area (Å²) in [7, 11) is 0. The Bertz CT molecular complexity index is 1020. The molecule has 0 bridgehead atoms. The van der Waals surface area contributed by atoms with Crippen LogP contribution in [0.25, 0.3) is 6.08 Å². The molecule has 0 spiro atoms. The highest BCUT2D eigenvalue weighted by molar-refractivity contribution is 7.17. The van der Waals surface area contributed by atoms with Gasteiger partial charge >= 0.3 is 5.97 Å². The summed E-state index contributed by atoms with van der Waals surface area (Å²) in [5.74, 6) is -1.69. The topological polar surface area (TPSA) is 79.2 Å². The van der Waals surface area contributed by atoms with E-state index in [0.717, 1.165) is 36.1 Å². The van der Waals surface area contributed by atoms with E-state index in [1.165, 1.54) is 35.6 Å². The average molecular weight is 412 g/mol. The molecule has 0 atom stereocenters. The van der Waals surface area contributed by atoms with Gasteiger partial charge in [-0.2, -0.15) is 5.26 Å². The zero-order valence-corrected chi connectivity index (χ0v) is 17.1. The first-order valence-corrected chi connectivity index (χ1v) is 10.3. The Hall–Kier alpha value is -2.98. The van der Waals surface area contributed by atoms with Crippen LogP contribution in [0.5, 0.6) is 0 Å². The molecule has 1 aliphatic carbocycles. The Labute approximate surface area is 172 Å². The Morgan fingerprint density at radius 3 is 2.69 bits per heavy atom. The van der Waals surface area contributed by atoms with Crippen molar-refractivity contribution in [2.45, 2.75) is 45.6 Å². The number of hydrogen-bond donors (Lipinski definition) is 1. The van der Waals surface area contributed by atoms with Gasteiger partial charge in [0, 0.05) is 10.4 Å². The summed E-state index contributed by atoms with van der Waals surface area (Å²) in [5, 5.41) is 12.5. The number of fused-ring (bicyclic) bond motifs is 1. The number of ether oxygens (including phenoxy) is 1. The molecule has 29 heavy (non-hydrogen) atoms. The van der Waals surface area contributed by atoms with E-state index < -0.39 is 17.7 Å². The standard InChI is InChI=1S/C22H21FN2O3S/c1-13(2)28-22(27)19-16-8-4-6-10-18(16)29-21(19)25-20(26)15(12-24)11-14-7-3-5-9-17(14)23/h3,5,7,9,11,13H,4,6,8,10H2,1-2H3,(H,25,26). The maximum atomic E-state index is 13.9. The Kier molecular flexibility index (Phi) is 6.45. The summed E-state index contributed by atoms with van der Waals surface area (Å²) < 4.78 is 19.2. The lowest BCUT2D eigenvalue weighted by Crippen LogP contribution is -2.18. The van der Waals surface area contributed by atoms with Crippen LogP contribution in [0.3, 0.4) is 0 Å². The lowest BCUT2D eigenvalue weighted by atomic mass is 9.95. The predicted octanol–water partition coefficient (Wildman–Crippen LogP) is 4.88. The first-order chi connectivity index (χ1) is 13.9. The largest absolute Gasteiger partial charge is 0.459 e. The Morgan fingerprint density at radius 2 is 2.00 bits per heavy atom. The first kappa shape index (κ1) is 20.7. The number of nitriles is 1. The molecule has 1 aliphatic rings. The molecule has 0 fully saturated rings. The van der Waals surface area contributed by atoms with Gasteiger partial charge < -0.3 is 10.1 Å². The van der Waals surface area contributed by atoms with Crippen LogP contribution in [0.4, 0.5) is 9.39 Å². The monoisotopic (exact) mass is 412 g/mol. The molecule has 3 rings (SSSR count). The maximum Gasteiger partial charge on any atom is 0.341 e. The summed E-state index contributed by atoms with van der Waals surface area (Å²) in [6.45, 7) is 3.53. The van der Waals surface area contributed by atoms with E-state index >= 15 is 0 Å². The number of halogens is 1. The second kappa shape index (κ2) is 9.01. The fourth-order valence-electron chi connectivity index (χ4n) is 3.21. The Morgan fingerprint density at radius 1 is 1.28 bits per heavy atom. The van der Waals surface area contributed by atoms with Crippen LogP contribution < -0.4 is 5.32 Å². The normalized spacial score (nSPS) is 13.6. The fraction of sp³-hybridized carbons (Fsp3) is 0.318. The van der Waals surface area contributed by atoms with E-state index in [0.29, 0.717) is 10.6 Å². The molecule has 7 heteroatoms. The average Bonchev–Trinajstić information content (AvgIpc) is 3.04. The molecule has 1 N–H and O–H groups in total. The quantitative estimate of drug-likeness (QED) is 0.431. The number of esters is 1. The lowest BCUT2D eigenvalue weighted by molar-refractivity contribution is -0.112. The van der Waals surface area contributed by atoms with Crippen molar-refractivity contribution in [1.82, 2.24) is 0 Å². The van der Waals surface area contributed by atoms with Gasteiger partial charge in [0.2, 0.25) is 0 Å². The van der Waals surface area contributed by atoms with Crippen LogP contribution >= 0.6 is 11.3 Å². The van der Waals surface area contributed by atoms with Crippen LogP contribution in [0.15, 0.2) is 29.8 Å². The lowest BCUT2D eigenvalue weighted by Gasteiger charge is -2.14. The van der Waals surface area contributed by atoms with E-state index in [4.69, 9.17) is 4.74 Å². The third kappa shape index (κ3) is 4.72. The second-order valence-corrected chi connectivity index (χ2v) is 8.12. The van der Waals surface area contributed by atoms with Gasteiger partial charge in [0.1, 0.15) is 22.5 Å². The molecule has 1 aromatic heterocycles. The molecule has 2 aromatic rings. The van der Waals surface area contributed by atoms with Gasteiger partial charge in [0.25, 0.3) is 5.91 Å². The smallest absolute Gasteiger partial charge is 0.341 e. The number of nitrogens with zero attached hydrogens (tertiary/aromatic N) is 1. The summed E-state index contributed by atoms with van der Waals surface area (Å²) in [4.78, 5) is 26.4. The SMILES string of the molecule is CC(C)OC(=O)c1c(NC(=O)C(C#N)=Cc2ccccc2F)sc2c1CCCC2. The molecular weight excluding hydrogens is 391 g/mol. The van der Waals surface area contributed by atoms with Gasteiger partial charge in [-0.15, -0.1) is 11.3 Å². The number of hydrogen-bond acceptors (Lipinski definition) is 5. The first-order valence-electron chi connectivity index (χ1n) is 9.44. The van der Waals surface area contributed by atoms with Gasteiger partial charge in [0.05, 0.1) is 11.7 Å². The minimum absolute atomic E-state index is 0.143. The van der Waals surface area contributed by atoms with Crippen molar-refractivity contribution < 1.29 is 18.7 Å². The molecule has 1 heterocycles. The van der Waals surface area contributed by atoms with Crippen LogP contribution in [-0.4, -0.2) is 18.0 Å². The molecule has 1 amide bonds. The van der Waals surface area contributed by atoms with Crippen LogP contribution in [0.1, 0.15) is 53.1 Å². The van der Waals surface area contributed by atoms with Crippen LogP contribution in [0.2, 0.25) is 0 Å². The van der Waals surface area contributed by atoms with Crippen molar-refractivity contribution in [2.75, 3.05) is 5.32 Å². The molecular formula is C22H21FN2O3S. The predicted molar refractivity (Wildman–Crippen MR) is 110 cm³/mol. The van der Waals surface area contributed by atoms with E-state index in [2.05, 4.69) is 5.32 Å². The van der Waals surface area contributed by atoms with Crippen molar-refractivity contribution in [3.05, 3.63) is 57.2 Å². The highest BCUT2D eigenvalue weighted by Gasteiger charge is 2.28. The third-order valence-corrected chi connectivity index (χ3v) is 5.72. The summed E-state index contributed by atoms with van der Waals surface area (Å²) in [6.07, 6.45) is 4.49. The van der Waals surface area contributed by atoms with Crippen molar-refractivity contribution in [1.29, 1.82) is 5.26 Å². The number of nitrogens with one attached hydrogen (secondary N) is 1. The fourth-order valence-corrected chi connectivity index (χ4v) is 4.48. The number of amides is 1. The maximum absolute atomic E-state index is 13.9. The number of aryl methyl sites for hydroxylation is 1. The summed E-state index contributed by atoms with van der Waals surface area (Å²) in [6, 6.07) is 7.70. The number of thiophene rings is 1. The molecule has 0 radical (unpaired) electrons. The van der Waals surface area contributed by atoms with E-state index in [1.807, 2.05) is 6.07 Å². The van der Waals surface area contributed by atoms with E-state index in [1.54, 1.807) is 19.9 Å².